The number of hydrogen-bond donors (Lipinski definition) is 1. The van der Waals surface area contributed by atoms with E-state index in [9.17, 15) is 0 Å². The van der Waals surface area contributed by atoms with Crippen LogP contribution in [0.25, 0.3) is 32.6 Å². The predicted octanol–water partition coefficient (Wildman–Crippen LogP) is 3.52. The Morgan fingerprint density at radius 1 is 0.789 bits per heavy atom. The molecule has 2 aromatic carbocycles. The van der Waals surface area contributed by atoms with Gasteiger partial charge in [0.25, 0.3) is 0 Å². The Bertz CT molecular complexity index is 929. The molecule has 0 amide bonds. The van der Waals surface area contributed by atoms with Gasteiger partial charge in [-0.2, -0.15) is 0 Å². The Morgan fingerprint density at radius 3 is 2.63 bits per heavy atom. The maximum Gasteiger partial charge on any atom is 0.0971 e. The van der Waals surface area contributed by atoms with Crippen molar-refractivity contribution in [1.82, 2.24) is 9.97 Å². The summed E-state index contributed by atoms with van der Waals surface area (Å²) in [5, 5.41) is 4.41. The average Bonchev–Trinajstić information content (AvgIpc) is 2.46. The number of pyridine rings is 2. The lowest BCUT2D eigenvalue weighted by molar-refractivity contribution is 1.39. The van der Waals surface area contributed by atoms with E-state index in [0.29, 0.717) is 0 Å². The molecule has 0 atom stereocenters. The van der Waals surface area contributed by atoms with Gasteiger partial charge in [-0.05, 0) is 23.6 Å². The van der Waals surface area contributed by atoms with Crippen LogP contribution in [-0.2, 0) is 0 Å². The predicted molar refractivity (Wildman–Crippen MR) is 79.0 cm³/mol. The van der Waals surface area contributed by atoms with Crippen LogP contribution in [0, 0.1) is 0 Å². The lowest BCUT2D eigenvalue weighted by Gasteiger charge is -2.06. The maximum atomic E-state index is 5.89. The summed E-state index contributed by atoms with van der Waals surface area (Å²) >= 11 is 0. The molecule has 0 radical (unpaired) electrons. The highest BCUT2D eigenvalue weighted by Gasteiger charge is 2.06. The van der Waals surface area contributed by atoms with E-state index in [1.165, 1.54) is 0 Å². The Labute approximate surface area is 109 Å². The molecule has 0 aliphatic heterocycles. The molecule has 0 spiro atoms. The summed E-state index contributed by atoms with van der Waals surface area (Å²) in [7, 11) is 0. The summed E-state index contributed by atoms with van der Waals surface area (Å²) in [4.78, 5) is 9.01. The molecule has 2 aromatic heterocycles. The Balaban J connectivity index is 2.28. The number of benzene rings is 2. The van der Waals surface area contributed by atoms with E-state index in [-0.39, 0.29) is 0 Å². The van der Waals surface area contributed by atoms with Crippen LogP contribution in [0.15, 0.2) is 54.9 Å². The third-order valence-electron chi connectivity index (χ3n) is 3.45. The molecule has 3 heteroatoms. The normalized spacial score (nSPS) is 11.4. The molecule has 0 unspecified atom stereocenters. The Hall–Kier alpha value is -2.68. The Kier molecular flexibility index (Phi) is 1.97. The smallest absolute Gasteiger partial charge is 0.0971 e. The van der Waals surface area contributed by atoms with Gasteiger partial charge in [0, 0.05) is 34.2 Å². The zero-order valence-electron chi connectivity index (χ0n) is 10.2. The second-order valence-electron chi connectivity index (χ2n) is 4.64. The first-order valence-corrected chi connectivity index (χ1v) is 6.15. The second kappa shape index (κ2) is 3.65. The Morgan fingerprint density at radius 2 is 1.68 bits per heavy atom. The van der Waals surface area contributed by atoms with Gasteiger partial charge >= 0.3 is 0 Å². The van der Waals surface area contributed by atoms with Crippen molar-refractivity contribution in [3.63, 3.8) is 0 Å². The van der Waals surface area contributed by atoms with Crippen molar-refractivity contribution in [2.75, 3.05) is 5.73 Å². The maximum absolute atomic E-state index is 5.89. The SMILES string of the molecule is Nc1ccc2cnc3c(ccc4cccnc43)c2c1. The highest BCUT2D eigenvalue weighted by molar-refractivity contribution is 6.14. The van der Waals surface area contributed by atoms with Crippen molar-refractivity contribution < 1.29 is 0 Å². The van der Waals surface area contributed by atoms with Gasteiger partial charge in [0.1, 0.15) is 0 Å². The van der Waals surface area contributed by atoms with Crippen LogP contribution >= 0.6 is 0 Å². The lowest BCUT2D eigenvalue weighted by Crippen LogP contribution is -1.88. The number of rotatable bonds is 0. The summed E-state index contributed by atoms with van der Waals surface area (Å²) < 4.78 is 0. The molecule has 0 aliphatic rings. The fourth-order valence-electron chi connectivity index (χ4n) is 2.53. The highest BCUT2D eigenvalue weighted by atomic mass is 14.7. The number of hydrogen-bond acceptors (Lipinski definition) is 3. The molecular formula is C16H11N3. The summed E-state index contributed by atoms with van der Waals surface area (Å²) in [6, 6.07) is 14.0. The van der Waals surface area contributed by atoms with Gasteiger partial charge in [-0.15, -0.1) is 0 Å². The largest absolute Gasteiger partial charge is 0.399 e. The number of fused-ring (bicyclic) bond motifs is 5. The van der Waals surface area contributed by atoms with E-state index >= 15 is 0 Å². The van der Waals surface area contributed by atoms with Crippen LogP contribution in [0.5, 0.6) is 0 Å². The van der Waals surface area contributed by atoms with Gasteiger partial charge < -0.3 is 5.73 Å². The summed E-state index contributed by atoms with van der Waals surface area (Å²) in [6.07, 6.45) is 3.68. The zero-order valence-corrected chi connectivity index (χ0v) is 10.2. The van der Waals surface area contributed by atoms with Gasteiger partial charge in [0.15, 0.2) is 0 Å². The molecule has 0 saturated carbocycles. The highest BCUT2D eigenvalue weighted by Crippen LogP contribution is 2.29. The molecule has 3 nitrogen and oxygen atoms in total. The third-order valence-corrected chi connectivity index (χ3v) is 3.45. The quantitative estimate of drug-likeness (QED) is 0.381. The number of nitrogen functional groups attached to an aromatic ring is 1. The fourth-order valence-corrected chi connectivity index (χ4v) is 2.53. The van der Waals surface area contributed by atoms with Crippen molar-refractivity contribution in [1.29, 1.82) is 0 Å². The van der Waals surface area contributed by atoms with Gasteiger partial charge in [-0.1, -0.05) is 24.3 Å². The van der Waals surface area contributed by atoms with E-state index in [1.807, 2.05) is 36.5 Å². The second-order valence-corrected chi connectivity index (χ2v) is 4.64. The van der Waals surface area contributed by atoms with Crippen molar-refractivity contribution in [3.8, 4) is 0 Å². The van der Waals surface area contributed by atoms with Crippen LogP contribution in [-0.4, -0.2) is 9.97 Å². The number of nitrogens with zero attached hydrogens (tertiary/aromatic N) is 2. The first-order chi connectivity index (χ1) is 9.33. The third kappa shape index (κ3) is 1.45. The van der Waals surface area contributed by atoms with Gasteiger partial charge in [0.2, 0.25) is 0 Å². The topological polar surface area (TPSA) is 51.8 Å². The van der Waals surface area contributed by atoms with Crippen LogP contribution in [0.3, 0.4) is 0 Å². The number of aromatic nitrogens is 2. The van der Waals surface area contributed by atoms with Gasteiger partial charge in [-0.25, -0.2) is 0 Å². The minimum absolute atomic E-state index is 0.765. The molecule has 2 heterocycles. The van der Waals surface area contributed by atoms with Crippen LogP contribution in [0.2, 0.25) is 0 Å². The average molecular weight is 245 g/mol. The van der Waals surface area contributed by atoms with Gasteiger partial charge in [0.05, 0.1) is 11.0 Å². The first-order valence-electron chi connectivity index (χ1n) is 6.15. The van der Waals surface area contributed by atoms with Crippen LogP contribution in [0.4, 0.5) is 5.69 Å². The molecule has 0 fully saturated rings. The van der Waals surface area contributed by atoms with Crippen molar-refractivity contribution in [2.45, 2.75) is 0 Å². The van der Waals surface area contributed by atoms with Crippen LogP contribution < -0.4 is 5.73 Å². The van der Waals surface area contributed by atoms with Crippen molar-refractivity contribution in [3.05, 3.63) is 54.9 Å². The molecule has 0 saturated heterocycles. The first kappa shape index (κ1) is 10.3. The summed E-state index contributed by atoms with van der Waals surface area (Å²) in [5.41, 5.74) is 8.52. The summed E-state index contributed by atoms with van der Waals surface area (Å²) in [6.45, 7) is 0. The zero-order chi connectivity index (χ0) is 12.8. The minimum Gasteiger partial charge on any atom is -0.399 e. The number of nitrogens with two attached hydrogens (primary N) is 1. The minimum atomic E-state index is 0.765. The fraction of sp³-hybridized carbons (Fsp3) is 0. The van der Waals surface area contributed by atoms with Crippen LogP contribution in [0.1, 0.15) is 0 Å². The van der Waals surface area contributed by atoms with Crippen molar-refractivity contribution in [2.24, 2.45) is 0 Å². The van der Waals surface area contributed by atoms with E-state index in [4.69, 9.17) is 5.73 Å². The summed E-state index contributed by atoms with van der Waals surface area (Å²) in [5.74, 6) is 0. The molecular weight excluding hydrogens is 234 g/mol. The van der Waals surface area contributed by atoms with E-state index < -0.39 is 0 Å². The molecule has 4 rings (SSSR count). The van der Waals surface area contributed by atoms with E-state index in [0.717, 1.165) is 38.3 Å². The molecule has 0 bridgehead atoms. The number of anilines is 1. The molecule has 19 heavy (non-hydrogen) atoms. The molecule has 4 aromatic rings. The molecule has 90 valence electrons. The molecule has 0 aliphatic carbocycles. The van der Waals surface area contributed by atoms with E-state index in [2.05, 4.69) is 22.1 Å². The van der Waals surface area contributed by atoms with Gasteiger partial charge in [-0.3, -0.25) is 9.97 Å². The van der Waals surface area contributed by atoms with E-state index in [1.54, 1.807) is 6.20 Å². The molecule has 2 N–H and O–H groups in total. The monoisotopic (exact) mass is 245 g/mol. The lowest BCUT2D eigenvalue weighted by atomic mass is 10.0. The van der Waals surface area contributed by atoms with Crippen molar-refractivity contribution >= 4 is 38.3 Å². The standard InChI is InChI=1S/C16H11N3/c17-12-5-3-11-9-19-16-13(14(11)8-12)6-4-10-2-1-7-18-15(10)16/h1-9H,17H2.